The molecule has 1 heterocycles. The predicted molar refractivity (Wildman–Crippen MR) is 58.1 cm³/mol. The second-order valence-corrected chi connectivity index (χ2v) is 5.05. The minimum absolute atomic E-state index is 0.480. The van der Waals surface area contributed by atoms with Crippen molar-refractivity contribution in [2.75, 3.05) is 20.1 Å². The van der Waals surface area contributed by atoms with Crippen molar-refractivity contribution in [3.8, 4) is 0 Å². The molecule has 15 heavy (non-hydrogen) atoms. The molecule has 0 aromatic heterocycles. The third kappa shape index (κ3) is 11.7. The van der Waals surface area contributed by atoms with E-state index < -0.39 is 10.4 Å². The van der Waals surface area contributed by atoms with E-state index >= 15 is 0 Å². The molecule has 0 aromatic carbocycles. The molecule has 0 amide bonds. The minimum Gasteiger partial charge on any atom is -0.306 e. The first-order valence-corrected chi connectivity index (χ1v) is 6.43. The second kappa shape index (κ2) is 7.12. The number of hydrogen-bond acceptors (Lipinski definition) is 6. The van der Waals surface area contributed by atoms with Gasteiger partial charge in [0, 0.05) is 21.8 Å². The monoisotopic (exact) mass is 258 g/mol. The minimum atomic E-state index is -4.67. The maximum atomic E-state index is 9.85. The highest BCUT2D eigenvalue weighted by Gasteiger charge is 2.16. The summed E-state index contributed by atoms with van der Waals surface area (Å²) in [4.78, 5) is 12.1. The number of nitrogens with zero attached hydrogens (tertiary/aromatic N) is 2. The fourth-order valence-corrected chi connectivity index (χ4v) is 1.69. The van der Waals surface area contributed by atoms with Crippen molar-refractivity contribution in [3.63, 3.8) is 0 Å². The van der Waals surface area contributed by atoms with Gasteiger partial charge in [0.1, 0.15) is 0 Å². The Morgan fingerprint density at radius 1 is 1.33 bits per heavy atom. The summed E-state index contributed by atoms with van der Waals surface area (Å²) in [5.74, 6) is 0. The molecule has 0 aromatic rings. The highest BCUT2D eigenvalue weighted by Crippen LogP contribution is 2.22. The molecule has 0 unspecified atom stereocenters. The van der Waals surface area contributed by atoms with Crippen LogP contribution in [0, 0.1) is 4.91 Å². The van der Waals surface area contributed by atoms with Crippen LogP contribution in [0.4, 0.5) is 0 Å². The summed E-state index contributed by atoms with van der Waals surface area (Å²) in [5, 5.41) is 0.480. The van der Waals surface area contributed by atoms with Crippen molar-refractivity contribution >= 4 is 22.3 Å². The molecule has 0 radical (unpaired) electrons. The van der Waals surface area contributed by atoms with E-state index in [0.29, 0.717) is 5.25 Å². The van der Waals surface area contributed by atoms with Gasteiger partial charge in [0.2, 0.25) is 0 Å². The lowest BCUT2D eigenvalue weighted by Gasteiger charge is -2.26. The molecule has 0 aliphatic carbocycles. The van der Waals surface area contributed by atoms with E-state index in [0.717, 1.165) is 25.9 Å². The van der Waals surface area contributed by atoms with Crippen LogP contribution in [0.15, 0.2) is 4.58 Å². The zero-order chi connectivity index (χ0) is 11.9. The maximum Gasteiger partial charge on any atom is 0.394 e. The Hall–Kier alpha value is -0.220. The van der Waals surface area contributed by atoms with Gasteiger partial charge in [-0.1, -0.05) is 0 Å². The first-order valence-electron chi connectivity index (χ1n) is 4.20. The molecule has 0 atom stereocenters. The molecule has 1 fully saturated rings. The Morgan fingerprint density at radius 3 is 2.07 bits per heavy atom. The lowest BCUT2D eigenvalue weighted by molar-refractivity contribution is 0.282. The van der Waals surface area contributed by atoms with E-state index in [1.165, 1.54) is 11.9 Å². The van der Waals surface area contributed by atoms with Gasteiger partial charge in [-0.2, -0.15) is 8.42 Å². The Kier molecular flexibility index (Phi) is 7.02. The molecule has 7 nitrogen and oxygen atoms in total. The summed E-state index contributed by atoms with van der Waals surface area (Å²) in [7, 11) is -2.56. The largest absolute Gasteiger partial charge is 0.394 e. The SMILES string of the molecule is CN1CCC(SN=O)CC1.O=S(=O)(O)O. The first kappa shape index (κ1) is 14.8. The van der Waals surface area contributed by atoms with Gasteiger partial charge in [-0.3, -0.25) is 9.11 Å². The summed E-state index contributed by atoms with van der Waals surface area (Å²) in [5.41, 5.74) is 0. The van der Waals surface area contributed by atoms with E-state index in [1.807, 2.05) is 0 Å². The van der Waals surface area contributed by atoms with Gasteiger partial charge >= 0.3 is 10.4 Å². The van der Waals surface area contributed by atoms with E-state index in [-0.39, 0.29) is 0 Å². The van der Waals surface area contributed by atoms with Gasteiger partial charge in [-0.15, -0.1) is 4.91 Å². The molecule has 0 spiro atoms. The summed E-state index contributed by atoms with van der Waals surface area (Å²) >= 11 is 1.20. The summed E-state index contributed by atoms with van der Waals surface area (Å²) < 4.78 is 34.4. The van der Waals surface area contributed by atoms with Gasteiger partial charge in [-0.05, 0) is 33.0 Å². The first-order chi connectivity index (χ1) is 6.83. The molecular weight excluding hydrogens is 244 g/mol. The molecule has 0 saturated carbocycles. The molecule has 2 N–H and O–H groups in total. The molecule has 1 aliphatic heterocycles. The Labute approximate surface area is 92.9 Å². The van der Waals surface area contributed by atoms with E-state index in [2.05, 4.69) is 16.5 Å². The zero-order valence-electron chi connectivity index (χ0n) is 8.24. The molecule has 90 valence electrons. The van der Waals surface area contributed by atoms with Crippen LogP contribution in [-0.2, 0) is 10.4 Å². The van der Waals surface area contributed by atoms with Gasteiger partial charge < -0.3 is 4.90 Å². The Balaban J connectivity index is 0.000000336. The predicted octanol–water partition coefficient (Wildman–Crippen LogP) is 0.842. The van der Waals surface area contributed by atoms with E-state index in [4.69, 9.17) is 17.5 Å². The number of nitroso groups, excluding NO2 is 1. The number of piperidine rings is 1. The van der Waals surface area contributed by atoms with Crippen LogP contribution in [0.3, 0.4) is 0 Å². The van der Waals surface area contributed by atoms with Gasteiger partial charge in [-0.25, -0.2) is 0 Å². The fourth-order valence-electron chi connectivity index (χ4n) is 1.15. The number of hydrogen-bond donors (Lipinski definition) is 2. The number of likely N-dealkylation sites (tertiary alicyclic amines) is 1. The zero-order valence-corrected chi connectivity index (χ0v) is 9.87. The molecule has 0 bridgehead atoms. The van der Waals surface area contributed by atoms with Gasteiger partial charge in [0.15, 0.2) is 0 Å². The van der Waals surface area contributed by atoms with E-state index in [1.54, 1.807) is 0 Å². The summed E-state index contributed by atoms with van der Waals surface area (Å²) in [6, 6.07) is 0. The topological polar surface area (TPSA) is 107 Å². The van der Waals surface area contributed by atoms with Crippen molar-refractivity contribution in [2.24, 2.45) is 4.58 Å². The van der Waals surface area contributed by atoms with Crippen molar-refractivity contribution in [2.45, 2.75) is 18.1 Å². The molecule has 1 saturated heterocycles. The van der Waals surface area contributed by atoms with Crippen LogP contribution >= 0.6 is 11.9 Å². The summed E-state index contributed by atoms with van der Waals surface area (Å²) in [6.07, 6.45) is 2.21. The fraction of sp³-hybridized carbons (Fsp3) is 1.00. The average molecular weight is 258 g/mol. The maximum absolute atomic E-state index is 9.85. The average Bonchev–Trinajstić information content (AvgIpc) is 2.06. The third-order valence-electron chi connectivity index (χ3n) is 1.86. The highest BCUT2D eigenvalue weighted by atomic mass is 32.3. The van der Waals surface area contributed by atoms with Crippen LogP contribution in [0.25, 0.3) is 0 Å². The second-order valence-electron chi connectivity index (χ2n) is 3.13. The summed E-state index contributed by atoms with van der Waals surface area (Å²) in [6.45, 7) is 2.21. The van der Waals surface area contributed by atoms with Crippen LogP contribution in [0.2, 0.25) is 0 Å². The van der Waals surface area contributed by atoms with Crippen LogP contribution in [0.5, 0.6) is 0 Å². The van der Waals surface area contributed by atoms with Crippen molar-refractivity contribution in [3.05, 3.63) is 4.91 Å². The quantitative estimate of drug-likeness (QED) is 0.429. The van der Waals surface area contributed by atoms with Crippen molar-refractivity contribution < 1.29 is 17.5 Å². The molecule has 1 aliphatic rings. The van der Waals surface area contributed by atoms with Crippen molar-refractivity contribution in [1.29, 1.82) is 0 Å². The Bertz CT molecular complexity index is 265. The molecular formula is C6H14N2O5S2. The number of rotatable bonds is 2. The lowest BCUT2D eigenvalue weighted by atomic mass is 10.1. The standard InChI is InChI=1S/C6H12N2OS.H2O4S/c1-8-4-2-6(3-5-8)10-7-9;1-5(2,3)4/h6H,2-5H2,1H3;(H2,1,2,3,4). The van der Waals surface area contributed by atoms with Crippen molar-refractivity contribution in [1.82, 2.24) is 4.90 Å². The Morgan fingerprint density at radius 2 is 1.73 bits per heavy atom. The van der Waals surface area contributed by atoms with E-state index in [9.17, 15) is 4.91 Å². The molecule has 9 heteroatoms. The lowest BCUT2D eigenvalue weighted by Crippen LogP contribution is -2.31. The smallest absolute Gasteiger partial charge is 0.306 e. The third-order valence-corrected chi connectivity index (χ3v) is 2.71. The van der Waals surface area contributed by atoms with Gasteiger partial charge in [0.25, 0.3) is 0 Å². The molecule has 1 rings (SSSR count). The van der Waals surface area contributed by atoms with Crippen LogP contribution < -0.4 is 0 Å². The normalized spacial score (nSPS) is 19.1. The van der Waals surface area contributed by atoms with Gasteiger partial charge in [0.05, 0.1) is 0 Å². The highest BCUT2D eigenvalue weighted by molar-refractivity contribution is 7.98. The van der Waals surface area contributed by atoms with Crippen LogP contribution in [-0.4, -0.2) is 47.8 Å². The van der Waals surface area contributed by atoms with Crippen LogP contribution in [0.1, 0.15) is 12.8 Å².